The van der Waals surface area contributed by atoms with Gasteiger partial charge in [-0.3, -0.25) is 5.32 Å². The molecule has 0 fully saturated rings. The number of hydrogen-bond donors (Lipinski definition) is 1. The summed E-state index contributed by atoms with van der Waals surface area (Å²) in [5.74, 6) is -0.0733. The molecule has 0 radical (unpaired) electrons. The van der Waals surface area contributed by atoms with Crippen LogP contribution in [0, 0.1) is 5.82 Å². The van der Waals surface area contributed by atoms with Crippen molar-refractivity contribution in [2.45, 2.75) is 19.8 Å². The van der Waals surface area contributed by atoms with E-state index >= 15 is 0 Å². The van der Waals surface area contributed by atoms with E-state index in [0.29, 0.717) is 17.7 Å². The predicted molar refractivity (Wildman–Crippen MR) is 48.1 cm³/mol. The van der Waals surface area contributed by atoms with Crippen LogP contribution in [-0.2, 0) is 4.79 Å². The second-order valence-corrected chi connectivity index (χ2v) is 3.24. The number of amides is 1. The third kappa shape index (κ3) is 2.36. The Balaban J connectivity index is 2.98. The van der Waals surface area contributed by atoms with Gasteiger partial charge in [-0.05, 0) is 23.6 Å². The van der Waals surface area contributed by atoms with E-state index in [1.165, 1.54) is 11.4 Å². The molecule has 0 bridgehead atoms. The molecule has 0 atom stereocenters. The average Bonchev–Trinajstić information content (AvgIpc) is 2.04. The Kier molecular flexibility index (Phi) is 3.14. The molecular formula is C10H13FNO+. The largest absolute Gasteiger partial charge is 0.303 e. The molecule has 0 saturated heterocycles. The van der Waals surface area contributed by atoms with Gasteiger partial charge in [0.05, 0.1) is 0 Å². The molecule has 0 aliphatic carbocycles. The summed E-state index contributed by atoms with van der Waals surface area (Å²) in [6.45, 7) is 3.86. The van der Waals surface area contributed by atoms with Crippen LogP contribution in [0.15, 0.2) is 18.2 Å². The molecular weight excluding hydrogens is 169 g/mol. The minimum Gasteiger partial charge on any atom is -0.254 e. The van der Waals surface area contributed by atoms with Gasteiger partial charge in [-0.25, -0.2) is 9.18 Å². The van der Waals surface area contributed by atoms with Crippen LogP contribution in [0.5, 0.6) is 0 Å². The topological polar surface area (TPSA) is 33.7 Å². The lowest BCUT2D eigenvalue weighted by molar-refractivity contribution is -0.467. The van der Waals surface area contributed by atoms with Crippen LogP contribution in [0.25, 0.3) is 0 Å². The van der Waals surface area contributed by atoms with E-state index < -0.39 is 0 Å². The summed E-state index contributed by atoms with van der Waals surface area (Å²) in [5, 5.41) is 1.34. The Hall–Kier alpha value is -1.22. The minimum absolute atomic E-state index is 0.172. The van der Waals surface area contributed by atoms with Crippen LogP contribution in [0.4, 0.5) is 10.1 Å². The molecule has 0 aliphatic heterocycles. The summed E-state index contributed by atoms with van der Waals surface area (Å²) in [6, 6.07) is 4.84. The maximum Gasteiger partial charge on any atom is 0.303 e. The zero-order valence-corrected chi connectivity index (χ0v) is 7.75. The number of quaternary nitrogens is 1. The first-order chi connectivity index (χ1) is 6.15. The van der Waals surface area contributed by atoms with Crippen molar-refractivity contribution in [1.29, 1.82) is 0 Å². The Morgan fingerprint density at radius 2 is 2.15 bits per heavy atom. The highest BCUT2D eigenvalue weighted by Gasteiger charge is 2.08. The fourth-order valence-corrected chi connectivity index (χ4v) is 1.19. The lowest BCUT2D eigenvalue weighted by atomic mass is 10.0. The van der Waals surface area contributed by atoms with Crippen LogP contribution in [0.2, 0.25) is 0 Å². The molecule has 0 unspecified atom stereocenters. The van der Waals surface area contributed by atoms with E-state index in [1.807, 2.05) is 13.8 Å². The lowest BCUT2D eigenvalue weighted by Crippen LogP contribution is -2.76. The first-order valence-electron chi connectivity index (χ1n) is 4.23. The van der Waals surface area contributed by atoms with Gasteiger partial charge in [0.25, 0.3) is 0 Å². The molecule has 0 spiro atoms. The SMILES string of the molecule is CC(C)c1ccc([NH2+]C=O)cc1F. The van der Waals surface area contributed by atoms with Gasteiger partial charge in [-0.15, -0.1) is 0 Å². The van der Waals surface area contributed by atoms with Gasteiger partial charge in [-0.2, -0.15) is 0 Å². The number of benzene rings is 1. The van der Waals surface area contributed by atoms with Crippen LogP contribution < -0.4 is 5.32 Å². The molecule has 0 saturated carbocycles. The number of carbonyl (C=O) groups excluding carboxylic acids is 1. The normalized spacial score (nSPS) is 10.5. The Morgan fingerprint density at radius 1 is 1.46 bits per heavy atom. The highest BCUT2D eigenvalue weighted by molar-refractivity contribution is 5.43. The van der Waals surface area contributed by atoms with Gasteiger partial charge >= 0.3 is 6.41 Å². The standard InChI is InChI=1S/C10H12FNO/c1-7(2)9-4-3-8(12-6-13)5-10(9)11/h3-7H,1-2H3,(H,12,13)/p+1. The number of nitrogens with two attached hydrogens (primary N) is 1. The monoisotopic (exact) mass is 182 g/mol. The van der Waals surface area contributed by atoms with E-state index in [2.05, 4.69) is 0 Å². The van der Waals surface area contributed by atoms with E-state index in [1.54, 1.807) is 12.1 Å². The van der Waals surface area contributed by atoms with Crippen molar-refractivity contribution in [2.75, 3.05) is 0 Å². The van der Waals surface area contributed by atoms with Crippen LogP contribution in [0.3, 0.4) is 0 Å². The van der Waals surface area contributed by atoms with Crippen molar-refractivity contribution in [2.24, 2.45) is 0 Å². The highest BCUT2D eigenvalue weighted by Crippen LogP contribution is 2.19. The summed E-state index contributed by atoms with van der Waals surface area (Å²) >= 11 is 0. The molecule has 2 nitrogen and oxygen atoms in total. The van der Waals surface area contributed by atoms with Crippen molar-refractivity contribution < 1.29 is 14.5 Å². The van der Waals surface area contributed by atoms with Crippen molar-refractivity contribution in [1.82, 2.24) is 0 Å². The first kappa shape index (κ1) is 9.86. The molecule has 1 rings (SSSR count). The minimum atomic E-state index is -0.245. The summed E-state index contributed by atoms with van der Waals surface area (Å²) in [6.07, 6.45) is 0.657. The number of primary amides is 1. The second kappa shape index (κ2) is 4.14. The molecule has 1 aromatic carbocycles. The van der Waals surface area contributed by atoms with Crippen molar-refractivity contribution in [3.8, 4) is 0 Å². The van der Waals surface area contributed by atoms with E-state index in [9.17, 15) is 9.18 Å². The number of halogens is 1. The number of hydrogen-bond acceptors (Lipinski definition) is 1. The van der Waals surface area contributed by atoms with Gasteiger partial charge in [0, 0.05) is 6.07 Å². The van der Waals surface area contributed by atoms with E-state index in [0.717, 1.165) is 0 Å². The molecule has 70 valence electrons. The molecule has 0 aliphatic rings. The van der Waals surface area contributed by atoms with E-state index in [-0.39, 0.29) is 11.7 Å². The summed E-state index contributed by atoms with van der Waals surface area (Å²) < 4.78 is 13.3. The van der Waals surface area contributed by atoms with Gasteiger partial charge < -0.3 is 0 Å². The molecule has 1 amide bonds. The Morgan fingerprint density at radius 3 is 2.62 bits per heavy atom. The van der Waals surface area contributed by atoms with Gasteiger partial charge in [0.1, 0.15) is 11.5 Å². The van der Waals surface area contributed by atoms with Crippen LogP contribution in [-0.4, -0.2) is 6.41 Å². The molecule has 2 N–H and O–H groups in total. The summed E-state index contributed by atoms with van der Waals surface area (Å²) in [4.78, 5) is 10.1. The molecule has 0 heterocycles. The lowest BCUT2D eigenvalue weighted by Gasteiger charge is -2.06. The van der Waals surface area contributed by atoms with Gasteiger partial charge in [-0.1, -0.05) is 13.8 Å². The maximum absolute atomic E-state index is 13.3. The van der Waals surface area contributed by atoms with Gasteiger partial charge in [0.15, 0.2) is 0 Å². The number of carbonyl (C=O) groups is 1. The predicted octanol–water partition coefficient (Wildman–Crippen LogP) is 1.30. The zero-order chi connectivity index (χ0) is 9.84. The average molecular weight is 182 g/mol. The molecule has 3 heteroatoms. The van der Waals surface area contributed by atoms with Crippen molar-refractivity contribution in [3.05, 3.63) is 29.6 Å². The Bertz CT molecular complexity index is 310. The molecule has 0 aromatic heterocycles. The fraction of sp³-hybridized carbons (Fsp3) is 0.300. The first-order valence-corrected chi connectivity index (χ1v) is 4.23. The van der Waals surface area contributed by atoms with Crippen LogP contribution in [0.1, 0.15) is 25.3 Å². The zero-order valence-electron chi connectivity index (χ0n) is 7.75. The third-order valence-corrected chi connectivity index (χ3v) is 1.91. The van der Waals surface area contributed by atoms with E-state index in [4.69, 9.17) is 0 Å². The smallest absolute Gasteiger partial charge is 0.254 e. The van der Waals surface area contributed by atoms with Crippen LogP contribution >= 0.6 is 0 Å². The third-order valence-electron chi connectivity index (χ3n) is 1.91. The quantitative estimate of drug-likeness (QED) is 0.554. The fourth-order valence-electron chi connectivity index (χ4n) is 1.19. The van der Waals surface area contributed by atoms with Gasteiger partial charge in [0.2, 0.25) is 0 Å². The Labute approximate surface area is 76.8 Å². The summed E-state index contributed by atoms with van der Waals surface area (Å²) in [5.41, 5.74) is 1.29. The molecule has 1 aromatic rings. The highest BCUT2D eigenvalue weighted by atomic mass is 19.1. The maximum atomic E-state index is 13.3. The second-order valence-electron chi connectivity index (χ2n) is 3.24. The van der Waals surface area contributed by atoms with Crippen molar-refractivity contribution >= 4 is 12.1 Å². The number of rotatable bonds is 3. The van der Waals surface area contributed by atoms with Crippen molar-refractivity contribution in [3.63, 3.8) is 0 Å². The summed E-state index contributed by atoms with van der Waals surface area (Å²) in [7, 11) is 0. The molecule has 13 heavy (non-hydrogen) atoms.